The fourth-order valence-corrected chi connectivity index (χ4v) is 0.980. The van der Waals surface area contributed by atoms with Gasteiger partial charge in [0.2, 0.25) is 0 Å². The van der Waals surface area contributed by atoms with Gasteiger partial charge < -0.3 is 5.32 Å². The van der Waals surface area contributed by atoms with Gasteiger partial charge in [0, 0.05) is 7.05 Å². The van der Waals surface area contributed by atoms with Crippen molar-refractivity contribution in [2.75, 3.05) is 13.3 Å². The Morgan fingerprint density at radius 1 is 1.67 bits per heavy atom. The first-order valence-electron chi connectivity index (χ1n) is 2.79. The molecule has 0 aromatic carbocycles. The van der Waals surface area contributed by atoms with Crippen molar-refractivity contribution in [1.29, 1.82) is 0 Å². The Bertz CT molecular complexity index is 121. The summed E-state index contributed by atoms with van der Waals surface area (Å²) in [4.78, 5) is 0. The van der Waals surface area contributed by atoms with E-state index in [9.17, 15) is 0 Å². The first-order valence-corrected chi connectivity index (χ1v) is 4.02. The zero-order valence-electron chi connectivity index (χ0n) is 6.19. The van der Waals surface area contributed by atoms with Crippen molar-refractivity contribution >= 4 is 11.8 Å². The topological polar surface area (TPSA) is 12.0 Å². The first-order chi connectivity index (χ1) is 4.20. The smallest absolute Gasteiger partial charge is 0.0678 e. The molecule has 52 valence electrons. The van der Waals surface area contributed by atoms with Gasteiger partial charge >= 0.3 is 0 Å². The van der Waals surface area contributed by atoms with Crippen LogP contribution in [0.15, 0.2) is 23.3 Å². The molecule has 0 unspecified atom stereocenters. The van der Waals surface area contributed by atoms with Crippen LogP contribution in [0.5, 0.6) is 0 Å². The van der Waals surface area contributed by atoms with Gasteiger partial charge in [-0.3, -0.25) is 0 Å². The highest BCUT2D eigenvalue weighted by molar-refractivity contribution is 8.02. The minimum Gasteiger partial charge on any atom is -0.383 e. The fourth-order valence-electron chi connectivity index (χ4n) is 0.457. The van der Waals surface area contributed by atoms with E-state index in [0.29, 0.717) is 0 Å². The van der Waals surface area contributed by atoms with E-state index in [4.69, 9.17) is 0 Å². The predicted octanol–water partition coefficient (Wildman–Crippen LogP) is 1.99. The van der Waals surface area contributed by atoms with Crippen molar-refractivity contribution < 1.29 is 0 Å². The maximum atomic E-state index is 3.76. The molecule has 0 aliphatic rings. The summed E-state index contributed by atoms with van der Waals surface area (Å²) in [7, 11) is 1.91. The van der Waals surface area contributed by atoms with Crippen LogP contribution in [0.2, 0.25) is 0 Å². The molecule has 0 amide bonds. The van der Waals surface area contributed by atoms with Crippen LogP contribution in [0, 0.1) is 0 Å². The lowest BCUT2D eigenvalue weighted by Gasteiger charge is -2.00. The van der Waals surface area contributed by atoms with Crippen molar-refractivity contribution in [3.63, 3.8) is 0 Å². The Kier molecular flexibility index (Phi) is 4.32. The minimum absolute atomic E-state index is 1.08. The maximum Gasteiger partial charge on any atom is 0.0678 e. The second-order valence-corrected chi connectivity index (χ2v) is 2.66. The van der Waals surface area contributed by atoms with Crippen molar-refractivity contribution in [2.24, 2.45) is 0 Å². The molecular formula is C7H13NS. The molecule has 0 heterocycles. The number of nitrogens with one attached hydrogen (secondary N) is 1. The molecule has 0 spiro atoms. The summed E-state index contributed by atoms with van der Waals surface area (Å²) >= 11 is 1.69. The first kappa shape index (κ1) is 8.63. The third-order valence-corrected chi connectivity index (χ3v) is 1.61. The Morgan fingerprint density at radius 2 is 2.22 bits per heavy atom. The van der Waals surface area contributed by atoms with Gasteiger partial charge in [0.15, 0.2) is 0 Å². The van der Waals surface area contributed by atoms with E-state index < -0.39 is 0 Å². The molecule has 0 rings (SSSR count). The standard InChI is InChI=1S/C7H13NS/c1-6(2)5-7(8-3)9-4/h5,8H,1H2,2-4H3/b7-5+. The van der Waals surface area contributed by atoms with Gasteiger partial charge in [0.1, 0.15) is 0 Å². The van der Waals surface area contributed by atoms with E-state index in [1.165, 1.54) is 0 Å². The van der Waals surface area contributed by atoms with Crippen molar-refractivity contribution in [3.8, 4) is 0 Å². The molecule has 0 bridgehead atoms. The monoisotopic (exact) mass is 143 g/mol. The molecule has 0 aromatic rings. The molecular weight excluding hydrogens is 130 g/mol. The van der Waals surface area contributed by atoms with E-state index in [1.807, 2.05) is 26.3 Å². The summed E-state index contributed by atoms with van der Waals surface area (Å²) in [6, 6.07) is 0. The van der Waals surface area contributed by atoms with E-state index in [1.54, 1.807) is 11.8 Å². The highest BCUT2D eigenvalue weighted by Crippen LogP contribution is 2.08. The van der Waals surface area contributed by atoms with Gasteiger partial charge in [-0.05, 0) is 19.3 Å². The Balaban J connectivity index is 3.91. The number of rotatable bonds is 3. The highest BCUT2D eigenvalue weighted by atomic mass is 32.2. The van der Waals surface area contributed by atoms with Crippen LogP contribution >= 0.6 is 11.8 Å². The summed E-state index contributed by atoms with van der Waals surface area (Å²) in [6.45, 7) is 5.74. The summed E-state index contributed by atoms with van der Waals surface area (Å²) in [5, 5.41) is 4.20. The molecule has 0 aliphatic carbocycles. The minimum atomic E-state index is 1.08. The molecule has 0 saturated carbocycles. The molecule has 0 fully saturated rings. The van der Waals surface area contributed by atoms with E-state index in [-0.39, 0.29) is 0 Å². The average molecular weight is 143 g/mol. The number of allylic oxidation sites excluding steroid dienone is 2. The van der Waals surface area contributed by atoms with Crippen LogP contribution in [0.3, 0.4) is 0 Å². The van der Waals surface area contributed by atoms with E-state index >= 15 is 0 Å². The SMILES string of the molecule is C=C(C)/C=C(\NC)SC. The van der Waals surface area contributed by atoms with Crippen LogP contribution in [0.25, 0.3) is 0 Å². The van der Waals surface area contributed by atoms with Gasteiger partial charge in [0.05, 0.1) is 5.03 Å². The van der Waals surface area contributed by atoms with Crippen molar-refractivity contribution in [3.05, 3.63) is 23.3 Å². The summed E-state index contributed by atoms with van der Waals surface area (Å²) in [5.41, 5.74) is 1.08. The molecule has 0 radical (unpaired) electrons. The van der Waals surface area contributed by atoms with Gasteiger partial charge in [-0.15, -0.1) is 11.8 Å². The largest absolute Gasteiger partial charge is 0.383 e. The van der Waals surface area contributed by atoms with Gasteiger partial charge in [-0.25, -0.2) is 0 Å². The third-order valence-electron chi connectivity index (χ3n) is 0.844. The lowest BCUT2D eigenvalue weighted by molar-refractivity contribution is 1.08. The predicted molar refractivity (Wildman–Crippen MR) is 45.5 cm³/mol. The van der Waals surface area contributed by atoms with Gasteiger partial charge in [-0.1, -0.05) is 12.2 Å². The van der Waals surface area contributed by atoms with Gasteiger partial charge in [-0.2, -0.15) is 0 Å². The molecule has 1 nitrogen and oxygen atoms in total. The third kappa shape index (κ3) is 4.15. The van der Waals surface area contributed by atoms with Gasteiger partial charge in [0.25, 0.3) is 0 Å². The maximum absolute atomic E-state index is 3.76. The number of thioether (sulfide) groups is 1. The average Bonchev–Trinajstić information content (AvgIpc) is 1.82. The molecule has 0 aliphatic heterocycles. The summed E-state index contributed by atoms with van der Waals surface area (Å²) in [5.74, 6) is 0. The van der Waals surface area contributed by atoms with Crippen LogP contribution in [0.4, 0.5) is 0 Å². The van der Waals surface area contributed by atoms with Crippen LogP contribution in [-0.4, -0.2) is 13.3 Å². The molecule has 2 heteroatoms. The number of hydrogen-bond donors (Lipinski definition) is 1. The van der Waals surface area contributed by atoms with E-state index in [0.717, 1.165) is 10.6 Å². The Morgan fingerprint density at radius 3 is 2.33 bits per heavy atom. The lowest BCUT2D eigenvalue weighted by atomic mass is 10.3. The molecule has 0 atom stereocenters. The second kappa shape index (κ2) is 4.50. The zero-order valence-corrected chi connectivity index (χ0v) is 7.01. The normalized spacial score (nSPS) is 11.2. The van der Waals surface area contributed by atoms with Crippen molar-refractivity contribution in [1.82, 2.24) is 5.32 Å². The summed E-state index contributed by atoms with van der Waals surface area (Å²) in [6.07, 6.45) is 4.05. The lowest BCUT2D eigenvalue weighted by Crippen LogP contribution is -2.01. The van der Waals surface area contributed by atoms with E-state index in [2.05, 4.69) is 11.9 Å². The van der Waals surface area contributed by atoms with Crippen molar-refractivity contribution in [2.45, 2.75) is 6.92 Å². The quantitative estimate of drug-likeness (QED) is 0.606. The Hall–Kier alpha value is -0.370. The Labute approximate surface area is 61.2 Å². The zero-order chi connectivity index (χ0) is 7.28. The van der Waals surface area contributed by atoms with Crippen LogP contribution < -0.4 is 5.32 Å². The molecule has 0 aromatic heterocycles. The fraction of sp³-hybridized carbons (Fsp3) is 0.429. The molecule has 0 saturated heterocycles. The second-order valence-electron chi connectivity index (χ2n) is 1.81. The molecule has 9 heavy (non-hydrogen) atoms. The van der Waals surface area contributed by atoms with Crippen LogP contribution in [0.1, 0.15) is 6.92 Å². The molecule has 1 N–H and O–H groups in total. The van der Waals surface area contributed by atoms with Crippen LogP contribution in [-0.2, 0) is 0 Å². The highest BCUT2D eigenvalue weighted by Gasteiger charge is 1.86. The summed E-state index contributed by atoms with van der Waals surface area (Å²) < 4.78 is 0. The number of hydrogen-bond acceptors (Lipinski definition) is 2.